The first-order valence-electron chi connectivity index (χ1n) is 16.7. The van der Waals surface area contributed by atoms with Crippen LogP contribution in [0.4, 0.5) is 5.69 Å². The number of anilines is 1. The highest BCUT2D eigenvalue weighted by molar-refractivity contribution is 5.85. The van der Waals surface area contributed by atoms with Crippen molar-refractivity contribution in [1.29, 1.82) is 0 Å². The van der Waals surface area contributed by atoms with Gasteiger partial charge in [0.2, 0.25) is 11.8 Å². The predicted molar refractivity (Wildman–Crippen MR) is 179 cm³/mol. The molecule has 3 aromatic carbocycles. The van der Waals surface area contributed by atoms with Gasteiger partial charge >= 0.3 is 0 Å². The van der Waals surface area contributed by atoms with E-state index in [0.29, 0.717) is 44.8 Å². The van der Waals surface area contributed by atoms with E-state index in [9.17, 15) is 9.59 Å². The Morgan fingerprint density at radius 3 is 2.29 bits per heavy atom. The third kappa shape index (κ3) is 8.26. The van der Waals surface area contributed by atoms with Crippen molar-refractivity contribution in [3.8, 4) is 5.75 Å². The third-order valence-electron chi connectivity index (χ3n) is 9.35. The number of rotatable bonds is 8. The Balaban J connectivity index is 1.50. The number of para-hydroxylation sites is 2. The number of amides is 2. The van der Waals surface area contributed by atoms with Crippen molar-refractivity contribution in [2.45, 2.75) is 70.5 Å². The molecule has 3 aromatic rings. The van der Waals surface area contributed by atoms with Crippen molar-refractivity contribution in [3.05, 3.63) is 95.6 Å². The topological polar surface area (TPSA) is 62.3 Å². The van der Waals surface area contributed by atoms with Gasteiger partial charge in [-0.1, -0.05) is 92.4 Å². The Hall–Kier alpha value is -3.84. The molecule has 0 spiro atoms. The van der Waals surface area contributed by atoms with Crippen LogP contribution in [0.2, 0.25) is 0 Å². The van der Waals surface area contributed by atoms with E-state index in [0.717, 1.165) is 43.5 Å². The number of carbonyl (C=O) groups is 2. The van der Waals surface area contributed by atoms with Crippen LogP contribution < -0.4 is 9.64 Å². The number of piperidine rings is 1. The molecule has 5 rings (SSSR count). The summed E-state index contributed by atoms with van der Waals surface area (Å²) in [6, 6.07) is 26.6. The molecular formula is C38H49N3O4. The fourth-order valence-corrected chi connectivity index (χ4v) is 7.02. The zero-order chi connectivity index (χ0) is 31.4. The lowest BCUT2D eigenvalue weighted by Crippen LogP contribution is -2.50. The summed E-state index contributed by atoms with van der Waals surface area (Å²) in [5.41, 5.74) is 4.52. The Labute approximate surface area is 269 Å². The average molecular weight is 612 g/mol. The van der Waals surface area contributed by atoms with Crippen molar-refractivity contribution < 1.29 is 19.1 Å². The average Bonchev–Trinajstić information content (AvgIpc) is 3.09. The number of likely N-dealkylation sites (tertiary alicyclic amines) is 1. The molecule has 1 fully saturated rings. The first kappa shape index (κ1) is 32.6. The van der Waals surface area contributed by atoms with Crippen LogP contribution in [0.15, 0.2) is 78.9 Å². The summed E-state index contributed by atoms with van der Waals surface area (Å²) < 4.78 is 11.2. The van der Waals surface area contributed by atoms with Gasteiger partial charge in [-0.15, -0.1) is 0 Å². The van der Waals surface area contributed by atoms with Crippen LogP contribution in [0.25, 0.3) is 0 Å². The van der Waals surface area contributed by atoms with Gasteiger partial charge < -0.3 is 24.2 Å². The molecule has 0 unspecified atom stereocenters. The van der Waals surface area contributed by atoms with Crippen molar-refractivity contribution in [2.24, 2.45) is 5.92 Å². The second-order valence-corrected chi connectivity index (χ2v) is 12.3. The fourth-order valence-electron chi connectivity index (χ4n) is 7.02. The van der Waals surface area contributed by atoms with Gasteiger partial charge in [-0.25, -0.2) is 0 Å². The van der Waals surface area contributed by atoms with Crippen LogP contribution in [0.5, 0.6) is 5.75 Å². The first-order valence-corrected chi connectivity index (χ1v) is 16.7. The van der Waals surface area contributed by atoms with Crippen LogP contribution in [0.1, 0.15) is 74.1 Å². The van der Waals surface area contributed by atoms with Crippen molar-refractivity contribution in [3.63, 3.8) is 0 Å². The Kier molecular flexibility index (Phi) is 11.9. The highest BCUT2D eigenvalue weighted by atomic mass is 16.5. The van der Waals surface area contributed by atoms with Crippen LogP contribution in [0, 0.1) is 5.92 Å². The molecule has 0 N–H and O–H groups in total. The van der Waals surface area contributed by atoms with E-state index in [1.54, 1.807) is 14.2 Å². The number of benzene rings is 3. The lowest BCUT2D eigenvalue weighted by Gasteiger charge is -2.43. The largest absolute Gasteiger partial charge is 0.496 e. The van der Waals surface area contributed by atoms with E-state index in [-0.39, 0.29) is 17.7 Å². The highest BCUT2D eigenvalue weighted by Crippen LogP contribution is 2.42. The minimum Gasteiger partial charge on any atom is -0.496 e. The number of nitrogens with zero attached hydrogens (tertiary/aromatic N) is 3. The van der Waals surface area contributed by atoms with Gasteiger partial charge in [0.25, 0.3) is 0 Å². The number of methoxy groups -OCH3 is 2. The fraction of sp³-hybridized carbons (Fsp3) is 0.474. The summed E-state index contributed by atoms with van der Waals surface area (Å²) in [6.07, 6.45) is 7.70. The van der Waals surface area contributed by atoms with Crippen LogP contribution >= 0.6 is 0 Å². The van der Waals surface area contributed by atoms with E-state index in [1.807, 2.05) is 29.2 Å². The number of ether oxygens (including phenoxy) is 2. The number of carbonyl (C=O) groups excluding carboxylic acids is 2. The maximum atomic E-state index is 14.8. The van der Waals surface area contributed by atoms with Crippen molar-refractivity contribution in [1.82, 2.24) is 9.80 Å². The van der Waals surface area contributed by atoms with Gasteiger partial charge in [0, 0.05) is 57.5 Å². The third-order valence-corrected chi connectivity index (χ3v) is 9.35. The Morgan fingerprint density at radius 1 is 0.822 bits per heavy atom. The molecule has 7 nitrogen and oxygen atoms in total. The Bertz CT molecular complexity index is 1380. The molecule has 2 aliphatic rings. The van der Waals surface area contributed by atoms with E-state index in [4.69, 9.17) is 9.47 Å². The summed E-state index contributed by atoms with van der Waals surface area (Å²) in [5, 5.41) is 0. The van der Waals surface area contributed by atoms with E-state index in [2.05, 4.69) is 64.4 Å². The molecule has 7 heteroatoms. The summed E-state index contributed by atoms with van der Waals surface area (Å²) in [7, 11) is 3.29. The lowest BCUT2D eigenvalue weighted by atomic mass is 9.82. The number of hydrogen-bond acceptors (Lipinski definition) is 5. The normalized spacial score (nSPS) is 20.0. The van der Waals surface area contributed by atoms with Gasteiger partial charge in [0.1, 0.15) is 5.75 Å². The quantitative estimate of drug-likeness (QED) is 0.274. The molecule has 0 radical (unpaired) electrons. The highest BCUT2D eigenvalue weighted by Gasteiger charge is 2.43. The summed E-state index contributed by atoms with van der Waals surface area (Å²) in [6.45, 7) is 3.90. The molecule has 240 valence electrons. The second kappa shape index (κ2) is 16.5. The molecule has 0 aromatic heterocycles. The van der Waals surface area contributed by atoms with Crippen LogP contribution in [0.3, 0.4) is 0 Å². The molecule has 2 heterocycles. The van der Waals surface area contributed by atoms with Gasteiger partial charge in [0.15, 0.2) is 0 Å². The molecule has 2 aliphatic heterocycles. The van der Waals surface area contributed by atoms with Crippen molar-refractivity contribution >= 4 is 17.5 Å². The standard InChI is InChI=1S/C38H49N3O4/c1-44-27-26-41-36(42)23-22-33(37(41)32-19-11-13-21-35(32)45-2)38(43)40-25-15-6-4-3-5-14-24-39(28-30-16-8-7-9-17-30)34-20-12-10-18-31(34)29-40/h7-13,16-21,33,37H,3-6,14-15,22-29H2,1-2H3/t33-,37+/m1/s1. The second-order valence-electron chi connectivity index (χ2n) is 12.3. The van der Waals surface area contributed by atoms with E-state index in [1.165, 1.54) is 30.5 Å². The summed E-state index contributed by atoms with van der Waals surface area (Å²) in [5.74, 6) is 0.488. The summed E-state index contributed by atoms with van der Waals surface area (Å²) in [4.78, 5) is 34.6. The minimum atomic E-state index is -0.417. The maximum absolute atomic E-state index is 14.8. The molecule has 0 bridgehead atoms. The van der Waals surface area contributed by atoms with Gasteiger partial charge in [-0.3, -0.25) is 9.59 Å². The molecule has 0 saturated carbocycles. The zero-order valence-electron chi connectivity index (χ0n) is 27.0. The number of hydrogen-bond donors (Lipinski definition) is 0. The predicted octanol–water partition coefficient (Wildman–Crippen LogP) is 7.01. The molecule has 2 atom stereocenters. The Morgan fingerprint density at radius 2 is 1.51 bits per heavy atom. The molecule has 1 saturated heterocycles. The van der Waals surface area contributed by atoms with Crippen LogP contribution in [-0.4, -0.2) is 62.1 Å². The smallest absolute Gasteiger partial charge is 0.228 e. The van der Waals surface area contributed by atoms with Gasteiger partial charge in [-0.2, -0.15) is 0 Å². The SMILES string of the molecule is COCCN1C(=O)CC[C@@H](C(=O)N2CCCCCCCCN(Cc3ccccc3)c3ccccc3C2)[C@@H]1c1ccccc1OC. The molecule has 0 aliphatic carbocycles. The first-order chi connectivity index (χ1) is 22.1. The lowest BCUT2D eigenvalue weighted by molar-refractivity contribution is -0.149. The molecule has 2 amide bonds. The monoisotopic (exact) mass is 611 g/mol. The maximum Gasteiger partial charge on any atom is 0.228 e. The molecule has 45 heavy (non-hydrogen) atoms. The minimum absolute atomic E-state index is 0.0545. The van der Waals surface area contributed by atoms with E-state index >= 15 is 0 Å². The zero-order valence-corrected chi connectivity index (χ0v) is 27.0. The molecular weight excluding hydrogens is 562 g/mol. The summed E-state index contributed by atoms with van der Waals surface area (Å²) >= 11 is 0. The number of fused-ring (bicyclic) bond motifs is 1. The van der Waals surface area contributed by atoms with E-state index < -0.39 is 6.04 Å². The van der Waals surface area contributed by atoms with Crippen LogP contribution in [-0.2, 0) is 27.4 Å². The van der Waals surface area contributed by atoms with Crippen molar-refractivity contribution in [2.75, 3.05) is 45.4 Å². The van der Waals surface area contributed by atoms with Gasteiger partial charge in [-0.05, 0) is 42.5 Å². The van der Waals surface area contributed by atoms with Gasteiger partial charge in [0.05, 0.1) is 25.7 Å².